The SMILES string of the molecule is CNC1C(O)[C@@H](O[C@H]2C(N)C[C@H](N)C(O[C@H]3OC(C(C)O)[C@@H](O)C(O)C3N)C2O)OC[C@]1(C)O. The molecule has 3 aliphatic rings. The Morgan fingerprint density at radius 2 is 1.50 bits per heavy atom. The van der Waals surface area contributed by atoms with Crippen molar-refractivity contribution in [3.8, 4) is 0 Å². The summed E-state index contributed by atoms with van der Waals surface area (Å²) in [6.45, 7) is 2.75. The molecule has 13 N–H and O–H groups in total. The van der Waals surface area contributed by atoms with E-state index in [0.29, 0.717) is 0 Å². The molecule has 9 unspecified atom stereocenters. The van der Waals surface area contributed by atoms with Crippen LogP contribution in [0, 0.1) is 0 Å². The molecule has 2 heterocycles. The van der Waals surface area contributed by atoms with Crippen LogP contribution >= 0.6 is 0 Å². The number of rotatable bonds is 6. The van der Waals surface area contributed by atoms with E-state index in [1.165, 1.54) is 13.8 Å². The lowest BCUT2D eigenvalue weighted by Crippen LogP contribution is -2.69. The lowest BCUT2D eigenvalue weighted by atomic mass is 9.84. The predicted molar refractivity (Wildman–Crippen MR) is 116 cm³/mol. The molecular formula is C20H40N4O10. The first-order valence-electron chi connectivity index (χ1n) is 11.4. The number of hydrogen-bond acceptors (Lipinski definition) is 14. The number of nitrogens with two attached hydrogens (primary N) is 3. The molecule has 1 aliphatic carbocycles. The van der Waals surface area contributed by atoms with E-state index >= 15 is 0 Å². The Morgan fingerprint density at radius 1 is 0.941 bits per heavy atom. The molecule has 0 radical (unpaired) electrons. The van der Waals surface area contributed by atoms with Crippen molar-refractivity contribution in [1.29, 1.82) is 0 Å². The molecule has 14 nitrogen and oxygen atoms in total. The zero-order valence-corrected chi connectivity index (χ0v) is 19.5. The fraction of sp³-hybridized carbons (Fsp3) is 1.00. The van der Waals surface area contributed by atoms with Crippen LogP contribution in [0.3, 0.4) is 0 Å². The minimum Gasteiger partial charge on any atom is -0.391 e. The van der Waals surface area contributed by atoms with Crippen molar-refractivity contribution in [3.63, 3.8) is 0 Å². The van der Waals surface area contributed by atoms with Crippen LogP contribution in [-0.4, -0.2) is 135 Å². The fourth-order valence-electron chi connectivity index (χ4n) is 4.95. The monoisotopic (exact) mass is 496 g/mol. The summed E-state index contributed by atoms with van der Waals surface area (Å²) in [4.78, 5) is 0. The third kappa shape index (κ3) is 5.40. The van der Waals surface area contributed by atoms with Crippen molar-refractivity contribution in [2.24, 2.45) is 17.2 Å². The van der Waals surface area contributed by atoms with Crippen molar-refractivity contribution in [2.75, 3.05) is 13.7 Å². The highest BCUT2D eigenvalue weighted by Gasteiger charge is 2.52. The summed E-state index contributed by atoms with van der Waals surface area (Å²) in [7, 11) is 1.58. The maximum absolute atomic E-state index is 11.1. The van der Waals surface area contributed by atoms with Crippen LogP contribution in [0.25, 0.3) is 0 Å². The molecule has 34 heavy (non-hydrogen) atoms. The molecule has 1 saturated carbocycles. The normalized spacial score (nSPS) is 53.5. The molecule has 0 bridgehead atoms. The molecule has 0 aromatic carbocycles. The standard InChI is InChI=1S/C20H40N4O10/c1-6(25)14-11(27)10(26)9(23)18(32-14)33-15-7(21)4-8(22)16(12(15)28)34-19-13(29)17(24-3)20(2,30)5-31-19/h6-19,24-30H,4-5,21-23H2,1-3H3/t6?,7-,8?,9?,10?,11-,12?,13?,14?,15?,16-,17?,18+,19+,20-/m0/s1. The van der Waals surface area contributed by atoms with Gasteiger partial charge in [-0.1, -0.05) is 0 Å². The van der Waals surface area contributed by atoms with E-state index in [1.807, 2.05) is 0 Å². The molecule has 200 valence electrons. The molecule has 3 rings (SSSR count). The van der Waals surface area contributed by atoms with Gasteiger partial charge in [0, 0.05) is 12.1 Å². The zero-order chi connectivity index (χ0) is 25.5. The van der Waals surface area contributed by atoms with Crippen molar-refractivity contribution >= 4 is 0 Å². The van der Waals surface area contributed by atoms with Gasteiger partial charge in [0.15, 0.2) is 12.6 Å². The summed E-state index contributed by atoms with van der Waals surface area (Å²) in [5.41, 5.74) is 17.0. The lowest BCUT2D eigenvalue weighted by Gasteiger charge is -2.49. The van der Waals surface area contributed by atoms with Gasteiger partial charge in [-0.05, 0) is 27.3 Å². The Morgan fingerprint density at radius 3 is 2.03 bits per heavy atom. The van der Waals surface area contributed by atoms with E-state index in [2.05, 4.69) is 5.32 Å². The zero-order valence-electron chi connectivity index (χ0n) is 19.5. The predicted octanol–water partition coefficient (Wildman–Crippen LogP) is -5.61. The second-order valence-electron chi connectivity index (χ2n) is 9.82. The highest BCUT2D eigenvalue weighted by atomic mass is 16.7. The average molecular weight is 497 g/mol. The van der Waals surface area contributed by atoms with Gasteiger partial charge in [0.1, 0.15) is 48.3 Å². The van der Waals surface area contributed by atoms with Crippen LogP contribution in [0.4, 0.5) is 0 Å². The quantitative estimate of drug-likeness (QED) is 0.165. The van der Waals surface area contributed by atoms with Crippen molar-refractivity contribution < 1.29 is 49.6 Å². The van der Waals surface area contributed by atoms with E-state index in [1.54, 1.807) is 7.05 Å². The molecule has 0 aromatic rings. The molecule has 14 heteroatoms. The summed E-state index contributed by atoms with van der Waals surface area (Å²) in [5.74, 6) is 0. The summed E-state index contributed by atoms with van der Waals surface area (Å²) < 4.78 is 22.8. The minimum atomic E-state index is -1.46. The van der Waals surface area contributed by atoms with Crippen molar-refractivity contribution in [2.45, 2.75) is 111 Å². The minimum absolute atomic E-state index is 0.135. The largest absolute Gasteiger partial charge is 0.391 e. The smallest absolute Gasteiger partial charge is 0.185 e. The van der Waals surface area contributed by atoms with Crippen LogP contribution in [0.15, 0.2) is 0 Å². The molecule has 0 amide bonds. The van der Waals surface area contributed by atoms with Gasteiger partial charge in [-0.3, -0.25) is 0 Å². The van der Waals surface area contributed by atoms with Crippen LogP contribution in [0.2, 0.25) is 0 Å². The van der Waals surface area contributed by atoms with Gasteiger partial charge in [0.2, 0.25) is 0 Å². The Labute approximate surface area is 197 Å². The summed E-state index contributed by atoms with van der Waals surface area (Å²) >= 11 is 0. The van der Waals surface area contributed by atoms with E-state index in [9.17, 15) is 30.6 Å². The first-order valence-corrected chi connectivity index (χ1v) is 11.4. The summed E-state index contributed by atoms with van der Waals surface area (Å²) in [6, 6.07) is -3.47. The van der Waals surface area contributed by atoms with Crippen molar-refractivity contribution in [3.05, 3.63) is 0 Å². The number of likely N-dealkylation sites (N-methyl/N-ethyl adjacent to an activating group) is 1. The van der Waals surface area contributed by atoms with Crippen molar-refractivity contribution in [1.82, 2.24) is 5.32 Å². The number of aliphatic hydroxyl groups is 6. The number of ether oxygens (including phenoxy) is 4. The van der Waals surface area contributed by atoms with Gasteiger partial charge in [-0.2, -0.15) is 0 Å². The second kappa shape index (κ2) is 10.8. The fourth-order valence-corrected chi connectivity index (χ4v) is 4.95. The van der Waals surface area contributed by atoms with E-state index in [0.717, 1.165) is 0 Å². The Balaban J connectivity index is 1.73. The molecule has 2 saturated heterocycles. The third-order valence-electron chi connectivity index (χ3n) is 6.95. The molecule has 2 aliphatic heterocycles. The molecule has 15 atom stereocenters. The van der Waals surface area contributed by atoms with E-state index < -0.39 is 91.2 Å². The van der Waals surface area contributed by atoms with Gasteiger partial charge >= 0.3 is 0 Å². The highest BCUT2D eigenvalue weighted by molar-refractivity contribution is 5.02. The lowest BCUT2D eigenvalue weighted by molar-refractivity contribution is -0.319. The summed E-state index contributed by atoms with van der Waals surface area (Å²) in [6.07, 6.45) is -12.4. The van der Waals surface area contributed by atoms with Gasteiger partial charge in [0.25, 0.3) is 0 Å². The topological polar surface area (TPSA) is 248 Å². The average Bonchev–Trinajstić information content (AvgIpc) is 2.75. The van der Waals surface area contributed by atoms with Crippen LogP contribution in [0.5, 0.6) is 0 Å². The van der Waals surface area contributed by atoms with Crippen LogP contribution < -0.4 is 22.5 Å². The Kier molecular flexibility index (Phi) is 8.92. The molecule has 0 aromatic heterocycles. The third-order valence-corrected chi connectivity index (χ3v) is 6.95. The molecule has 0 spiro atoms. The molecular weight excluding hydrogens is 456 g/mol. The molecule has 3 fully saturated rings. The number of hydrogen-bond donors (Lipinski definition) is 10. The first kappa shape index (κ1) is 28.0. The van der Waals surface area contributed by atoms with Gasteiger partial charge in [0.05, 0.1) is 24.8 Å². The van der Waals surface area contributed by atoms with Crippen LogP contribution in [-0.2, 0) is 18.9 Å². The van der Waals surface area contributed by atoms with E-state index in [-0.39, 0.29) is 13.0 Å². The Hall–Kier alpha value is -0.560. The maximum atomic E-state index is 11.1. The van der Waals surface area contributed by atoms with Gasteiger partial charge in [-0.25, -0.2) is 0 Å². The highest BCUT2D eigenvalue weighted by Crippen LogP contribution is 2.32. The maximum Gasteiger partial charge on any atom is 0.185 e. The van der Waals surface area contributed by atoms with Gasteiger partial charge in [-0.15, -0.1) is 0 Å². The second-order valence-corrected chi connectivity index (χ2v) is 9.82. The first-order chi connectivity index (χ1) is 15.8. The summed E-state index contributed by atoms with van der Waals surface area (Å²) in [5, 5.41) is 65.2. The van der Waals surface area contributed by atoms with E-state index in [4.69, 9.17) is 36.1 Å². The van der Waals surface area contributed by atoms with Gasteiger partial charge < -0.3 is 72.1 Å². The number of aliphatic hydroxyl groups excluding tert-OH is 5. The number of nitrogens with one attached hydrogen (secondary N) is 1. The Bertz CT molecular complexity index is 675. The van der Waals surface area contributed by atoms with Crippen LogP contribution in [0.1, 0.15) is 20.3 Å².